The molecule has 0 radical (unpaired) electrons. The fourth-order valence-electron chi connectivity index (χ4n) is 3.78. The molecule has 0 amide bonds. The summed E-state index contributed by atoms with van der Waals surface area (Å²) in [5.74, 6) is 0. The lowest BCUT2D eigenvalue weighted by atomic mass is 9.89. The Bertz CT molecular complexity index is 291. The average Bonchev–Trinajstić information content (AvgIpc) is 2.54. The van der Waals surface area contributed by atoms with Gasteiger partial charge in [0, 0.05) is 39.4 Å². The highest BCUT2D eigenvalue weighted by atomic mass is 16.5. The summed E-state index contributed by atoms with van der Waals surface area (Å²) in [5.41, 5.74) is 0.161. The molecule has 2 aliphatic rings. The number of likely N-dealkylation sites (tertiary alicyclic amines) is 1. The van der Waals surface area contributed by atoms with E-state index in [2.05, 4.69) is 23.6 Å². The zero-order valence-corrected chi connectivity index (χ0v) is 14.8. The fraction of sp³-hybridized carbons (Fsp3) is 1.00. The SMILES string of the molecule is CCCN1CCC2(CC1)CN(CCCCCOCC)CCO2. The van der Waals surface area contributed by atoms with Crippen LogP contribution in [-0.2, 0) is 9.47 Å². The molecule has 0 aliphatic carbocycles. The second kappa shape index (κ2) is 9.86. The van der Waals surface area contributed by atoms with Gasteiger partial charge in [0.2, 0.25) is 0 Å². The maximum atomic E-state index is 6.23. The smallest absolute Gasteiger partial charge is 0.0833 e. The number of rotatable bonds is 9. The number of morpholine rings is 1. The van der Waals surface area contributed by atoms with Crippen molar-refractivity contribution in [2.24, 2.45) is 0 Å². The quantitative estimate of drug-likeness (QED) is 0.611. The molecule has 0 unspecified atom stereocenters. The van der Waals surface area contributed by atoms with Gasteiger partial charge in [-0.15, -0.1) is 0 Å². The molecule has 0 aromatic heterocycles. The first-order chi connectivity index (χ1) is 10.8. The Labute approximate surface area is 137 Å². The van der Waals surface area contributed by atoms with E-state index in [1.165, 1.54) is 64.7 Å². The predicted molar refractivity (Wildman–Crippen MR) is 91.4 cm³/mol. The molecule has 2 rings (SSSR count). The van der Waals surface area contributed by atoms with Gasteiger partial charge in [0.25, 0.3) is 0 Å². The van der Waals surface area contributed by atoms with E-state index in [9.17, 15) is 0 Å². The summed E-state index contributed by atoms with van der Waals surface area (Å²) in [6.45, 7) is 14.2. The highest BCUT2D eigenvalue weighted by molar-refractivity contribution is 4.92. The van der Waals surface area contributed by atoms with E-state index in [-0.39, 0.29) is 5.60 Å². The summed E-state index contributed by atoms with van der Waals surface area (Å²) in [6.07, 6.45) is 7.48. The van der Waals surface area contributed by atoms with Gasteiger partial charge in [-0.1, -0.05) is 6.92 Å². The summed E-state index contributed by atoms with van der Waals surface area (Å²) >= 11 is 0. The van der Waals surface area contributed by atoms with Gasteiger partial charge >= 0.3 is 0 Å². The first-order valence-electron chi connectivity index (χ1n) is 9.44. The van der Waals surface area contributed by atoms with Crippen molar-refractivity contribution in [2.75, 3.05) is 59.1 Å². The summed E-state index contributed by atoms with van der Waals surface area (Å²) in [4.78, 5) is 5.24. The van der Waals surface area contributed by atoms with Crippen molar-refractivity contribution in [3.63, 3.8) is 0 Å². The molecule has 130 valence electrons. The van der Waals surface area contributed by atoms with Crippen LogP contribution in [0.4, 0.5) is 0 Å². The van der Waals surface area contributed by atoms with E-state index in [0.29, 0.717) is 0 Å². The van der Waals surface area contributed by atoms with Crippen molar-refractivity contribution in [3.05, 3.63) is 0 Å². The summed E-state index contributed by atoms with van der Waals surface area (Å²) in [6, 6.07) is 0. The van der Waals surface area contributed by atoms with E-state index >= 15 is 0 Å². The summed E-state index contributed by atoms with van der Waals surface area (Å²) < 4.78 is 11.6. The standard InChI is InChI=1S/C18H36N2O2/c1-3-10-19-12-8-18(9-13-19)17-20(14-16-22-18)11-6-5-7-15-21-4-2/h3-17H2,1-2H3. The lowest BCUT2D eigenvalue weighted by Gasteiger charge is -2.47. The second-order valence-electron chi connectivity index (χ2n) is 6.91. The van der Waals surface area contributed by atoms with E-state index in [1.807, 2.05) is 0 Å². The van der Waals surface area contributed by atoms with Crippen LogP contribution in [0.2, 0.25) is 0 Å². The van der Waals surface area contributed by atoms with Gasteiger partial charge in [-0.3, -0.25) is 4.90 Å². The van der Waals surface area contributed by atoms with Crippen molar-refractivity contribution in [1.82, 2.24) is 9.80 Å². The van der Waals surface area contributed by atoms with E-state index in [0.717, 1.165) is 32.9 Å². The Morgan fingerprint density at radius 3 is 2.50 bits per heavy atom. The van der Waals surface area contributed by atoms with Crippen molar-refractivity contribution in [1.29, 1.82) is 0 Å². The Morgan fingerprint density at radius 1 is 0.955 bits per heavy atom. The van der Waals surface area contributed by atoms with Crippen LogP contribution in [0.25, 0.3) is 0 Å². The van der Waals surface area contributed by atoms with Gasteiger partial charge in [0.1, 0.15) is 0 Å². The fourth-order valence-corrected chi connectivity index (χ4v) is 3.78. The monoisotopic (exact) mass is 312 g/mol. The van der Waals surface area contributed by atoms with Crippen LogP contribution in [0.3, 0.4) is 0 Å². The topological polar surface area (TPSA) is 24.9 Å². The van der Waals surface area contributed by atoms with Gasteiger partial charge in [-0.2, -0.15) is 0 Å². The lowest BCUT2D eigenvalue weighted by molar-refractivity contribution is -0.135. The first kappa shape index (κ1) is 18.2. The highest BCUT2D eigenvalue weighted by Gasteiger charge is 2.39. The molecule has 0 saturated carbocycles. The summed E-state index contributed by atoms with van der Waals surface area (Å²) in [7, 11) is 0. The molecule has 2 aliphatic heterocycles. The molecule has 2 heterocycles. The Kier molecular flexibility index (Phi) is 8.15. The normalized spacial score (nSPS) is 23.2. The van der Waals surface area contributed by atoms with Gasteiger partial charge in [0.05, 0.1) is 12.2 Å². The van der Waals surface area contributed by atoms with Gasteiger partial charge < -0.3 is 14.4 Å². The zero-order valence-electron chi connectivity index (χ0n) is 14.8. The first-order valence-corrected chi connectivity index (χ1v) is 9.44. The minimum Gasteiger partial charge on any atom is -0.382 e. The molecule has 0 aromatic rings. The highest BCUT2D eigenvalue weighted by Crippen LogP contribution is 2.30. The van der Waals surface area contributed by atoms with Crippen LogP contribution in [0, 0.1) is 0 Å². The molecule has 2 saturated heterocycles. The van der Waals surface area contributed by atoms with Gasteiger partial charge in [-0.05, 0) is 58.5 Å². The molecule has 0 aromatic carbocycles. The van der Waals surface area contributed by atoms with E-state index in [1.54, 1.807) is 0 Å². The van der Waals surface area contributed by atoms with Crippen molar-refractivity contribution < 1.29 is 9.47 Å². The van der Waals surface area contributed by atoms with Crippen LogP contribution in [0.15, 0.2) is 0 Å². The summed E-state index contributed by atoms with van der Waals surface area (Å²) in [5, 5.41) is 0. The van der Waals surface area contributed by atoms with Crippen molar-refractivity contribution in [3.8, 4) is 0 Å². The maximum Gasteiger partial charge on any atom is 0.0833 e. The Hall–Kier alpha value is -0.160. The minimum atomic E-state index is 0.161. The van der Waals surface area contributed by atoms with Crippen molar-refractivity contribution in [2.45, 2.75) is 58.0 Å². The second-order valence-corrected chi connectivity index (χ2v) is 6.91. The molecular weight excluding hydrogens is 276 g/mol. The molecule has 0 bridgehead atoms. The van der Waals surface area contributed by atoms with Crippen LogP contribution in [-0.4, -0.2) is 74.5 Å². The Morgan fingerprint density at radius 2 is 1.77 bits per heavy atom. The zero-order chi connectivity index (χ0) is 15.7. The Balaban J connectivity index is 1.64. The molecule has 4 heteroatoms. The van der Waals surface area contributed by atoms with Gasteiger partial charge in [-0.25, -0.2) is 0 Å². The number of piperidine rings is 1. The predicted octanol–water partition coefficient (Wildman–Crippen LogP) is 2.77. The van der Waals surface area contributed by atoms with Gasteiger partial charge in [0.15, 0.2) is 0 Å². The molecule has 0 atom stereocenters. The third kappa shape index (κ3) is 5.80. The number of ether oxygens (including phenoxy) is 2. The molecular formula is C18H36N2O2. The lowest BCUT2D eigenvalue weighted by Crippen LogP contribution is -2.57. The molecule has 1 spiro atoms. The van der Waals surface area contributed by atoms with Crippen LogP contribution in [0.5, 0.6) is 0 Å². The van der Waals surface area contributed by atoms with E-state index in [4.69, 9.17) is 9.47 Å². The van der Waals surface area contributed by atoms with Crippen LogP contribution >= 0.6 is 0 Å². The largest absolute Gasteiger partial charge is 0.382 e. The molecule has 22 heavy (non-hydrogen) atoms. The van der Waals surface area contributed by atoms with Crippen LogP contribution in [0.1, 0.15) is 52.4 Å². The number of unbranched alkanes of at least 4 members (excludes halogenated alkanes) is 2. The van der Waals surface area contributed by atoms with Crippen LogP contribution < -0.4 is 0 Å². The number of hydrogen-bond donors (Lipinski definition) is 0. The third-order valence-corrected chi connectivity index (χ3v) is 5.10. The maximum absolute atomic E-state index is 6.23. The van der Waals surface area contributed by atoms with Crippen molar-refractivity contribution >= 4 is 0 Å². The minimum absolute atomic E-state index is 0.161. The molecule has 2 fully saturated rings. The molecule has 0 N–H and O–H groups in total. The number of hydrogen-bond acceptors (Lipinski definition) is 4. The number of nitrogens with zero attached hydrogens (tertiary/aromatic N) is 2. The molecule has 4 nitrogen and oxygen atoms in total. The average molecular weight is 312 g/mol. The van der Waals surface area contributed by atoms with E-state index < -0.39 is 0 Å². The third-order valence-electron chi connectivity index (χ3n) is 5.10.